The number of nitrogens with two attached hydrogens (primary N) is 1. The lowest BCUT2D eigenvalue weighted by Crippen LogP contribution is -2.21. The predicted molar refractivity (Wildman–Crippen MR) is 54.3 cm³/mol. The van der Waals surface area contributed by atoms with E-state index >= 15 is 0 Å². The van der Waals surface area contributed by atoms with Gasteiger partial charge >= 0.3 is 6.18 Å². The van der Waals surface area contributed by atoms with E-state index in [2.05, 4.69) is 4.98 Å². The van der Waals surface area contributed by atoms with Crippen molar-refractivity contribution in [1.82, 2.24) is 4.98 Å². The van der Waals surface area contributed by atoms with E-state index in [9.17, 15) is 21.6 Å². The number of halogens is 3. The molecule has 1 fully saturated rings. The van der Waals surface area contributed by atoms with Crippen molar-refractivity contribution in [3.63, 3.8) is 0 Å². The van der Waals surface area contributed by atoms with Gasteiger partial charge in [-0.15, -0.1) is 0 Å². The molecule has 0 aromatic carbocycles. The standard InChI is InChI=1S/C9H9F3N2O3S/c10-9(11,12)6-3-14-4-7(17-5-1-2-5)8(6)18(13,15)16/h3-5H,1-2H2,(H2,13,15,16). The summed E-state index contributed by atoms with van der Waals surface area (Å²) in [7, 11) is -4.55. The zero-order valence-electron chi connectivity index (χ0n) is 8.94. The Labute approximate surface area is 101 Å². The third-order valence-electron chi connectivity index (χ3n) is 2.27. The molecule has 0 saturated heterocycles. The molecule has 1 aliphatic carbocycles. The molecule has 0 atom stereocenters. The second kappa shape index (κ2) is 4.09. The van der Waals surface area contributed by atoms with Gasteiger partial charge in [0.05, 0.1) is 17.9 Å². The quantitative estimate of drug-likeness (QED) is 0.905. The van der Waals surface area contributed by atoms with Gasteiger partial charge in [0.1, 0.15) is 4.90 Å². The molecule has 1 saturated carbocycles. The molecule has 2 N–H and O–H groups in total. The SMILES string of the molecule is NS(=O)(=O)c1c(OC2CC2)cncc1C(F)(F)F. The molecule has 0 bridgehead atoms. The van der Waals surface area contributed by atoms with Gasteiger partial charge < -0.3 is 4.74 Å². The molecule has 0 radical (unpaired) electrons. The first-order valence-corrected chi connectivity index (χ1v) is 6.49. The van der Waals surface area contributed by atoms with Gasteiger partial charge in [0.2, 0.25) is 10.0 Å². The van der Waals surface area contributed by atoms with Crippen LogP contribution in [0.4, 0.5) is 13.2 Å². The van der Waals surface area contributed by atoms with Crippen LogP contribution in [-0.4, -0.2) is 19.5 Å². The zero-order valence-corrected chi connectivity index (χ0v) is 9.75. The average molecular weight is 282 g/mol. The largest absolute Gasteiger partial charge is 0.487 e. The summed E-state index contributed by atoms with van der Waals surface area (Å²) in [5, 5.41) is 4.82. The molecule has 18 heavy (non-hydrogen) atoms. The molecule has 100 valence electrons. The molecule has 9 heteroatoms. The van der Waals surface area contributed by atoms with Crippen molar-refractivity contribution in [1.29, 1.82) is 0 Å². The topological polar surface area (TPSA) is 82.3 Å². The summed E-state index contributed by atoms with van der Waals surface area (Å²) in [6.45, 7) is 0. The molecule has 1 aliphatic rings. The number of nitrogens with zero attached hydrogens (tertiary/aromatic N) is 1. The van der Waals surface area contributed by atoms with E-state index in [0.29, 0.717) is 19.0 Å². The third kappa shape index (κ3) is 2.72. The van der Waals surface area contributed by atoms with E-state index < -0.39 is 32.4 Å². The maximum atomic E-state index is 12.7. The van der Waals surface area contributed by atoms with Crippen LogP contribution < -0.4 is 9.88 Å². The number of primary sulfonamides is 1. The van der Waals surface area contributed by atoms with Crippen LogP contribution >= 0.6 is 0 Å². The molecular weight excluding hydrogens is 273 g/mol. The number of sulfonamides is 1. The number of pyridine rings is 1. The summed E-state index contributed by atoms with van der Waals surface area (Å²) >= 11 is 0. The monoisotopic (exact) mass is 282 g/mol. The lowest BCUT2D eigenvalue weighted by Gasteiger charge is -2.14. The molecule has 1 heterocycles. The zero-order chi connectivity index (χ0) is 13.6. The van der Waals surface area contributed by atoms with Crippen molar-refractivity contribution in [3.8, 4) is 5.75 Å². The molecule has 0 amide bonds. The Bertz CT molecular complexity index is 567. The van der Waals surface area contributed by atoms with E-state index in [-0.39, 0.29) is 6.10 Å². The Morgan fingerprint density at radius 3 is 2.39 bits per heavy atom. The summed E-state index contributed by atoms with van der Waals surface area (Å²) in [6.07, 6.45) is -2.46. The Kier molecular flexibility index (Phi) is 2.98. The molecule has 0 aliphatic heterocycles. The van der Waals surface area contributed by atoms with Crippen LogP contribution in [-0.2, 0) is 16.2 Å². The fraction of sp³-hybridized carbons (Fsp3) is 0.444. The first-order chi connectivity index (χ1) is 8.19. The number of hydrogen-bond acceptors (Lipinski definition) is 4. The number of rotatable bonds is 3. The summed E-state index contributed by atoms with van der Waals surface area (Å²) in [5.74, 6) is -0.449. The van der Waals surface area contributed by atoms with Gasteiger partial charge in [0.25, 0.3) is 0 Å². The normalized spacial score (nSPS) is 16.7. The van der Waals surface area contributed by atoms with Crippen molar-refractivity contribution in [2.24, 2.45) is 5.14 Å². The molecule has 1 aromatic heterocycles. The van der Waals surface area contributed by atoms with Crippen molar-refractivity contribution in [2.45, 2.75) is 30.0 Å². The lowest BCUT2D eigenvalue weighted by atomic mass is 10.2. The highest BCUT2D eigenvalue weighted by atomic mass is 32.2. The van der Waals surface area contributed by atoms with Gasteiger partial charge in [0.15, 0.2) is 5.75 Å². The molecule has 2 rings (SSSR count). The third-order valence-corrected chi connectivity index (χ3v) is 3.26. The van der Waals surface area contributed by atoms with Crippen molar-refractivity contribution in [2.75, 3.05) is 0 Å². The first-order valence-electron chi connectivity index (χ1n) is 4.94. The molecular formula is C9H9F3N2O3S. The Hall–Kier alpha value is -1.35. The van der Waals surface area contributed by atoms with E-state index in [1.165, 1.54) is 0 Å². The van der Waals surface area contributed by atoms with Gasteiger partial charge in [-0.3, -0.25) is 4.98 Å². The van der Waals surface area contributed by atoms with E-state index in [1.807, 2.05) is 0 Å². The summed E-state index contributed by atoms with van der Waals surface area (Å²) < 4.78 is 65.8. The van der Waals surface area contributed by atoms with Gasteiger partial charge in [-0.05, 0) is 12.8 Å². The summed E-state index contributed by atoms with van der Waals surface area (Å²) in [6, 6.07) is 0. The maximum absolute atomic E-state index is 12.7. The number of aromatic nitrogens is 1. The van der Waals surface area contributed by atoms with Crippen LogP contribution in [0.1, 0.15) is 18.4 Å². The Balaban J connectivity index is 2.59. The molecule has 1 aromatic rings. The van der Waals surface area contributed by atoms with Crippen LogP contribution in [0.5, 0.6) is 5.75 Å². The highest BCUT2D eigenvalue weighted by Crippen LogP contribution is 2.39. The Morgan fingerprint density at radius 2 is 1.94 bits per heavy atom. The average Bonchev–Trinajstić information content (AvgIpc) is 2.98. The fourth-order valence-corrected chi connectivity index (χ4v) is 2.23. The lowest BCUT2D eigenvalue weighted by molar-refractivity contribution is -0.140. The predicted octanol–water partition coefficient (Wildman–Crippen LogP) is 1.29. The molecule has 0 spiro atoms. The number of ether oxygens (including phenoxy) is 1. The Morgan fingerprint density at radius 1 is 1.33 bits per heavy atom. The number of alkyl halides is 3. The summed E-state index contributed by atoms with van der Waals surface area (Å²) in [4.78, 5) is 2.28. The smallest absolute Gasteiger partial charge is 0.419 e. The van der Waals surface area contributed by atoms with Crippen molar-refractivity contribution >= 4 is 10.0 Å². The van der Waals surface area contributed by atoms with E-state index in [1.54, 1.807) is 0 Å². The molecule has 5 nitrogen and oxygen atoms in total. The van der Waals surface area contributed by atoms with Gasteiger partial charge in [-0.1, -0.05) is 0 Å². The van der Waals surface area contributed by atoms with Crippen LogP contribution in [0, 0.1) is 0 Å². The minimum absolute atomic E-state index is 0.268. The first kappa shape index (κ1) is 13.1. The molecule has 0 unspecified atom stereocenters. The summed E-state index contributed by atoms with van der Waals surface area (Å²) in [5.41, 5.74) is -1.41. The van der Waals surface area contributed by atoms with Gasteiger partial charge in [0, 0.05) is 6.20 Å². The number of hydrogen-bond donors (Lipinski definition) is 1. The van der Waals surface area contributed by atoms with E-state index in [4.69, 9.17) is 9.88 Å². The highest BCUT2D eigenvalue weighted by molar-refractivity contribution is 7.89. The minimum Gasteiger partial charge on any atom is -0.487 e. The maximum Gasteiger partial charge on any atom is 0.419 e. The van der Waals surface area contributed by atoms with Crippen molar-refractivity contribution < 1.29 is 26.3 Å². The fourth-order valence-electron chi connectivity index (χ4n) is 1.37. The van der Waals surface area contributed by atoms with Crippen LogP contribution in [0.2, 0.25) is 0 Å². The highest BCUT2D eigenvalue weighted by Gasteiger charge is 2.40. The van der Waals surface area contributed by atoms with Crippen LogP contribution in [0.25, 0.3) is 0 Å². The van der Waals surface area contributed by atoms with Crippen molar-refractivity contribution in [3.05, 3.63) is 18.0 Å². The van der Waals surface area contributed by atoms with Crippen LogP contribution in [0.15, 0.2) is 17.3 Å². The van der Waals surface area contributed by atoms with E-state index in [0.717, 1.165) is 6.20 Å². The second-order valence-corrected chi connectivity index (χ2v) is 5.37. The van der Waals surface area contributed by atoms with Gasteiger partial charge in [-0.25, -0.2) is 13.6 Å². The van der Waals surface area contributed by atoms with Gasteiger partial charge in [-0.2, -0.15) is 13.2 Å². The minimum atomic E-state index is -4.86. The van der Waals surface area contributed by atoms with Crippen LogP contribution in [0.3, 0.4) is 0 Å². The second-order valence-electron chi connectivity index (χ2n) is 3.87.